The van der Waals surface area contributed by atoms with Gasteiger partial charge < -0.3 is 20.2 Å². The van der Waals surface area contributed by atoms with E-state index in [9.17, 15) is 9.90 Å². The van der Waals surface area contributed by atoms with Crippen LogP contribution in [0.2, 0.25) is 0 Å². The number of carboxylic acids is 1. The predicted octanol–water partition coefficient (Wildman–Crippen LogP) is -0.182. The van der Waals surface area contributed by atoms with Crippen LogP contribution in [0.15, 0.2) is 36.9 Å². The van der Waals surface area contributed by atoms with Crippen LogP contribution in [0, 0.1) is 0 Å². The highest BCUT2D eigenvalue weighted by atomic mass is 16.4. The van der Waals surface area contributed by atoms with Crippen molar-refractivity contribution in [2.75, 3.05) is 5.73 Å². The molecule has 15 heavy (non-hydrogen) atoms. The third-order valence-electron chi connectivity index (χ3n) is 2.05. The minimum atomic E-state index is -1.24. The van der Waals surface area contributed by atoms with Crippen molar-refractivity contribution < 1.29 is 9.90 Å². The fourth-order valence-corrected chi connectivity index (χ4v) is 1.32. The van der Waals surface area contributed by atoms with Crippen molar-refractivity contribution in [1.29, 1.82) is 0 Å². The second-order valence-corrected chi connectivity index (χ2v) is 3.03. The number of anilines is 1. The number of nitrogens with two attached hydrogens (primary N) is 1. The average Bonchev–Trinajstić information content (AvgIpc) is 2.70. The number of nitrogen functional groups attached to an aromatic ring is 1. The zero-order chi connectivity index (χ0) is 10.8. The van der Waals surface area contributed by atoms with Gasteiger partial charge in [-0.05, 0) is 17.7 Å². The van der Waals surface area contributed by atoms with Crippen LogP contribution in [0.5, 0.6) is 0 Å². The fraction of sp³-hybridized carbons (Fsp3) is 0. The van der Waals surface area contributed by atoms with Crippen molar-refractivity contribution >= 4 is 11.7 Å². The largest absolute Gasteiger partial charge is 0.545 e. The minimum Gasteiger partial charge on any atom is -0.545 e. The first-order chi connectivity index (χ1) is 7.18. The van der Waals surface area contributed by atoms with Crippen LogP contribution in [0.3, 0.4) is 0 Å². The number of benzene rings is 1. The number of hydrogen-bond donors (Lipinski definition) is 1. The Bertz CT molecular complexity index is 491. The van der Waals surface area contributed by atoms with E-state index in [0.29, 0.717) is 11.4 Å². The number of carbonyl (C=O) groups is 1. The van der Waals surface area contributed by atoms with Crippen molar-refractivity contribution in [3.05, 3.63) is 42.5 Å². The second-order valence-electron chi connectivity index (χ2n) is 3.03. The first kappa shape index (κ1) is 9.26. The molecule has 0 amide bonds. The maximum Gasteiger partial charge on any atom is 0.0992 e. The summed E-state index contributed by atoms with van der Waals surface area (Å²) in [5.41, 5.74) is 6.84. The van der Waals surface area contributed by atoms with E-state index in [1.54, 1.807) is 29.4 Å². The number of carbonyl (C=O) groups excluding carboxylic acids is 1. The topological polar surface area (TPSA) is 84.0 Å². The van der Waals surface area contributed by atoms with Crippen molar-refractivity contribution in [2.45, 2.75) is 0 Å². The molecule has 0 aliphatic rings. The van der Waals surface area contributed by atoms with Gasteiger partial charge in [-0.1, -0.05) is 6.07 Å². The Balaban J connectivity index is 2.48. The van der Waals surface area contributed by atoms with Crippen molar-refractivity contribution in [3.8, 4) is 5.69 Å². The third-order valence-corrected chi connectivity index (χ3v) is 2.05. The van der Waals surface area contributed by atoms with Gasteiger partial charge in [0.1, 0.15) is 0 Å². The van der Waals surface area contributed by atoms with E-state index in [4.69, 9.17) is 5.73 Å². The molecule has 0 saturated heterocycles. The number of aromatic carboxylic acids is 1. The van der Waals surface area contributed by atoms with E-state index < -0.39 is 5.97 Å². The summed E-state index contributed by atoms with van der Waals surface area (Å²) in [6.07, 6.45) is 4.93. The quantitative estimate of drug-likeness (QED) is 0.684. The number of imidazole rings is 1. The second kappa shape index (κ2) is 3.45. The number of hydrogen-bond acceptors (Lipinski definition) is 4. The van der Waals surface area contributed by atoms with Gasteiger partial charge in [0.25, 0.3) is 0 Å². The number of carboxylic acid groups (broad SMARTS) is 1. The molecule has 0 aliphatic carbocycles. The number of aromatic nitrogens is 2. The molecule has 5 nitrogen and oxygen atoms in total. The highest BCUT2D eigenvalue weighted by Crippen LogP contribution is 2.18. The molecule has 0 radical (unpaired) electrons. The van der Waals surface area contributed by atoms with Crippen LogP contribution < -0.4 is 10.8 Å². The Morgan fingerprint density at radius 1 is 1.47 bits per heavy atom. The number of nitrogens with zero attached hydrogens (tertiary/aromatic N) is 2. The van der Waals surface area contributed by atoms with Gasteiger partial charge in [0.2, 0.25) is 0 Å². The molecule has 0 spiro atoms. The van der Waals surface area contributed by atoms with Crippen LogP contribution in [-0.2, 0) is 0 Å². The summed E-state index contributed by atoms with van der Waals surface area (Å²) in [6.45, 7) is 0. The predicted molar refractivity (Wildman–Crippen MR) is 52.3 cm³/mol. The molecule has 2 aromatic rings. The normalized spacial score (nSPS) is 10.1. The molecule has 0 bridgehead atoms. The third kappa shape index (κ3) is 1.67. The van der Waals surface area contributed by atoms with E-state index >= 15 is 0 Å². The standard InChI is InChI=1S/C10H9N3O2/c11-8-5-7(10(14)15)1-2-9(8)13-4-3-12-6-13/h1-6H,11H2,(H,14,15)/p-1. The van der Waals surface area contributed by atoms with Gasteiger partial charge >= 0.3 is 0 Å². The molecule has 5 heteroatoms. The monoisotopic (exact) mass is 202 g/mol. The summed E-state index contributed by atoms with van der Waals surface area (Å²) in [4.78, 5) is 14.4. The lowest BCUT2D eigenvalue weighted by atomic mass is 10.2. The molecule has 1 aromatic carbocycles. The van der Waals surface area contributed by atoms with Gasteiger partial charge in [0.15, 0.2) is 0 Å². The van der Waals surface area contributed by atoms with Crippen LogP contribution in [0.4, 0.5) is 5.69 Å². The molecular formula is C10H8N3O2-. The molecule has 0 saturated carbocycles. The first-order valence-electron chi connectivity index (χ1n) is 4.27. The van der Waals surface area contributed by atoms with Crippen LogP contribution in [-0.4, -0.2) is 15.5 Å². The molecular weight excluding hydrogens is 194 g/mol. The maximum absolute atomic E-state index is 10.6. The summed E-state index contributed by atoms with van der Waals surface area (Å²) in [7, 11) is 0. The van der Waals surface area contributed by atoms with Crippen molar-refractivity contribution in [1.82, 2.24) is 9.55 Å². The molecule has 1 heterocycles. The van der Waals surface area contributed by atoms with Gasteiger partial charge in [0.05, 0.1) is 23.7 Å². The smallest absolute Gasteiger partial charge is 0.0992 e. The van der Waals surface area contributed by atoms with Gasteiger partial charge in [-0.15, -0.1) is 0 Å². The Hall–Kier alpha value is -2.30. The molecule has 0 fully saturated rings. The molecule has 76 valence electrons. The highest BCUT2D eigenvalue weighted by molar-refractivity contribution is 5.88. The lowest BCUT2D eigenvalue weighted by Gasteiger charge is -2.09. The zero-order valence-electron chi connectivity index (χ0n) is 7.75. The van der Waals surface area contributed by atoms with Gasteiger partial charge in [0, 0.05) is 12.4 Å². The maximum atomic E-state index is 10.6. The Labute approximate surface area is 85.8 Å². The first-order valence-corrected chi connectivity index (χ1v) is 4.27. The lowest BCUT2D eigenvalue weighted by molar-refractivity contribution is -0.255. The van der Waals surface area contributed by atoms with Gasteiger partial charge in [-0.3, -0.25) is 0 Å². The summed E-state index contributed by atoms with van der Waals surface area (Å²) >= 11 is 0. The summed E-state index contributed by atoms with van der Waals surface area (Å²) < 4.78 is 1.70. The van der Waals surface area contributed by atoms with E-state index in [-0.39, 0.29) is 5.56 Å². The van der Waals surface area contributed by atoms with Crippen LogP contribution >= 0.6 is 0 Å². The van der Waals surface area contributed by atoms with E-state index in [1.165, 1.54) is 12.1 Å². The Morgan fingerprint density at radius 2 is 2.27 bits per heavy atom. The zero-order valence-corrected chi connectivity index (χ0v) is 7.75. The van der Waals surface area contributed by atoms with Crippen molar-refractivity contribution in [2.24, 2.45) is 0 Å². The minimum absolute atomic E-state index is 0.0661. The van der Waals surface area contributed by atoms with Gasteiger partial charge in [-0.25, -0.2) is 4.98 Å². The van der Waals surface area contributed by atoms with Crippen molar-refractivity contribution in [3.63, 3.8) is 0 Å². The summed E-state index contributed by atoms with van der Waals surface area (Å²) in [5.74, 6) is -1.24. The van der Waals surface area contributed by atoms with Crippen LogP contribution in [0.1, 0.15) is 10.4 Å². The SMILES string of the molecule is Nc1cc(C(=O)[O-])ccc1-n1ccnc1. The molecule has 0 atom stereocenters. The van der Waals surface area contributed by atoms with E-state index in [1.807, 2.05) is 0 Å². The molecule has 2 rings (SSSR count). The molecule has 2 N–H and O–H groups in total. The number of rotatable bonds is 2. The van der Waals surface area contributed by atoms with E-state index in [0.717, 1.165) is 0 Å². The van der Waals surface area contributed by atoms with E-state index in [2.05, 4.69) is 4.98 Å². The summed E-state index contributed by atoms with van der Waals surface area (Å²) in [5, 5.41) is 10.6. The molecule has 0 aliphatic heterocycles. The van der Waals surface area contributed by atoms with Crippen LogP contribution in [0.25, 0.3) is 5.69 Å². The lowest BCUT2D eigenvalue weighted by Crippen LogP contribution is -2.22. The average molecular weight is 202 g/mol. The molecule has 1 aromatic heterocycles. The summed E-state index contributed by atoms with van der Waals surface area (Å²) in [6, 6.07) is 4.42. The highest BCUT2D eigenvalue weighted by Gasteiger charge is 2.02. The van der Waals surface area contributed by atoms with Gasteiger partial charge in [-0.2, -0.15) is 0 Å². The fourth-order valence-electron chi connectivity index (χ4n) is 1.32. The Kier molecular flexibility index (Phi) is 2.13. The Morgan fingerprint density at radius 3 is 2.80 bits per heavy atom. The molecule has 0 unspecified atom stereocenters.